The highest BCUT2D eigenvalue weighted by molar-refractivity contribution is 5.87. The van der Waals surface area contributed by atoms with Crippen molar-refractivity contribution in [2.24, 2.45) is 5.73 Å². The highest BCUT2D eigenvalue weighted by Crippen LogP contribution is 1.84. The number of likely N-dealkylation sites (N-methyl/N-ethyl adjacent to an activating group) is 1. The van der Waals surface area contributed by atoms with Crippen molar-refractivity contribution in [1.29, 1.82) is 0 Å². The number of hydrogen-bond donors (Lipinski definition) is 3. The van der Waals surface area contributed by atoms with Crippen LogP contribution >= 0.6 is 0 Å². The molecular weight excluding hydrogens is 158 g/mol. The molecule has 0 aliphatic carbocycles. The fourth-order valence-corrected chi connectivity index (χ4v) is 0.572. The van der Waals surface area contributed by atoms with E-state index in [1.54, 1.807) is 0 Å². The van der Waals surface area contributed by atoms with Gasteiger partial charge in [0, 0.05) is 7.05 Å². The Morgan fingerprint density at radius 1 is 1.50 bits per heavy atom. The second-order valence-electron chi connectivity index (χ2n) is 2.41. The molecule has 5 heteroatoms. The molecule has 0 rings (SSSR count). The maximum atomic E-state index is 11.0. The lowest BCUT2D eigenvalue weighted by atomic mass is 10.2. The number of carbonyl (C=O) groups is 2. The second-order valence-corrected chi connectivity index (χ2v) is 2.41. The van der Waals surface area contributed by atoms with Gasteiger partial charge in [0.15, 0.2) is 0 Å². The summed E-state index contributed by atoms with van der Waals surface area (Å²) in [6.07, 6.45) is 0.569. The van der Waals surface area contributed by atoms with E-state index in [9.17, 15) is 9.59 Å². The van der Waals surface area contributed by atoms with Crippen LogP contribution in [0.4, 0.5) is 0 Å². The van der Waals surface area contributed by atoms with E-state index in [0.29, 0.717) is 6.42 Å². The molecule has 70 valence electrons. The van der Waals surface area contributed by atoms with Crippen molar-refractivity contribution in [2.75, 3.05) is 13.6 Å². The molecule has 0 aliphatic heterocycles. The molecule has 0 radical (unpaired) electrons. The summed E-state index contributed by atoms with van der Waals surface area (Å²) in [7, 11) is 1.51. The van der Waals surface area contributed by atoms with Gasteiger partial charge < -0.3 is 16.4 Å². The average Bonchev–Trinajstić information content (AvgIpc) is 2.11. The van der Waals surface area contributed by atoms with E-state index in [4.69, 9.17) is 5.73 Å². The second kappa shape index (κ2) is 5.54. The maximum Gasteiger partial charge on any atom is 0.239 e. The molecule has 1 unspecified atom stereocenters. The van der Waals surface area contributed by atoms with E-state index >= 15 is 0 Å². The molecule has 0 aromatic heterocycles. The summed E-state index contributed by atoms with van der Waals surface area (Å²) in [5.41, 5.74) is 5.40. The summed E-state index contributed by atoms with van der Waals surface area (Å²) in [4.78, 5) is 21.6. The van der Waals surface area contributed by atoms with Crippen LogP contribution in [0.1, 0.15) is 13.3 Å². The summed E-state index contributed by atoms with van der Waals surface area (Å²) < 4.78 is 0. The molecule has 0 fully saturated rings. The number of nitrogens with two attached hydrogens (primary N) is 1. The fraction of sp³-hybridized carbons (Fsp3) is 0.714. The Balaban J connectivity index is 3.64. The quantitative estimate of drug-likeness (QED) is 0.488. The van der Waals surface area contributed by atoms with Crippen LogP contribution in [0.5, 0.6) is 0 Å². The molecule has 5 nitrogen and oxygen atoms in total. The number of hydrogen-bond acceptors (Lipinski definition) is 3. The smallest absolute Gasteiger partial charge is 0.239 e. The molecule has 2 amide bonds. The van der Waals surface area contributed by atoms with Crippen molar-refractivity contribution in [2.45, 2.75) is 19.4 Å². The normalized spacial score (nSPS) is 11.9. The number of amides is 2. The highest BCUT2D eigenvalue weighted by atomic mass is 16.2. The highest BCUT2D eigenvalue weighted by Gasteiger charge is 2.10. The minimum Gasteiger partial charge on any atom is -0.358 e. The molecule has 0 bridgehead atoms. The van der Waals surface area contributed by atoms with Gasteiger partial charge in [-0.2, -0.15) is 0 Å². The first-order chi connectivity index (χ1) is 5.61. The molecule has 0 aromatic carbocycles. The largest absolute Gasteiger partial charge is 0.358 e. The first-order valence-corrected chi connectivity index (χ1v) is 3.85. The van der Waals surface area contributed by atoms with Gasteiger partial charge in [-0.15, -0.1) is 0 Å². The number of nitrogens with one attached hydrogen (secondary N) is 2. The lowest BCUT2D eigenvalue weighted by molar-refractivity contribution is -0.126. The predicted molar refractivity (Wildman–Crippen MR) is 45.3 cm³/mol. The SMILES string of the molecule is CCC(N)C(=O)NCC(=O)NC. The van der Waals surface area contributed by atoms with Crippen LogP contribution in [0.25, 0.3) is 0 Å². The Hall–Kier alpha value is -1.10. The van der Waals surface area contributed by atoms with Gasteiger partial charge in [-0.3, -0.25) is 9.59 Å². The van der Waals surface area contributed by atoms with Gasteiger partial charge in [-0.1, -0.05) is 6.92 Å². The van der Waals surface area contributed by atoms with Crippen LogP contribution < -0.4 is 16.4 Å². The van der Waals surface area contributed by atoms with Gasteiger partial charge >= 0.3 is 0 Å². The van der Waals surface area contributed by atoms with Crippen molar-refractivity contribution < 1.29 is 9.59 Å². The van der Waals surface area contributed by atoms with Crippen molar-refractivity contribution in [3.05, 3.63) is 0 Å². The molecular formula is C7H15N3O2. The van der Waals surface area contributed by atoms with Crippen LogP contribution in [0.15, 0.2) is 0 Å². The maximum absolute atomic E-state index is 11.0. The minimum atomic E-state index is -0.519. The summed E-state index contributed by atoms with van der Waals surface area (Å²) in [6.45, 7) is 1.80. The Morgan fingerprint density at radius 2 is 2.08 bits per heavy atom. The summed E-state index contributed by atoms with van der Waals surface area (Å²) in [6, 6.07) is -0.519. The third kappa shape index (κ3) is 3.92. The van der Waals surface area contributed by atoms with Gasteiger partial charge in [0.1, 0.15) is 0 Å². The number of carbonyl (C=O) groups excluding carboxylic acids is 2. The van der Waals surface area contributed by atoms with Crippen molar-refractivity contribution >= 4 is 11.8 Å². The first-order valence-electron chi connectivity index (χ1n) is 3.85. The zero-order chi connectivity index (χ0) is 9.56. The Kier molecular flexibility index (Phi) is 5.03. The van der Waals surface area contributed by atoms with E-state index in [1.807, 2.05) is 6.92 Å². The lowest BCUT2D eigenvalue weighted by Gasteiger charge is -2.08. The zero-order valence-electron chi connectivity index (χ0n) is 7.39. The van der Waals surface area contributed by atoms with Crippen molar-refractivity contribution in [1.82, 2.24) is 10.6 Å². The van der Waals surface area contributed by atoms with Crippen molar-refractivity contribution in [3.63, 3.8) is 0 Å². The Morgan fingerprint density at radius 3 is 2.50 bits per heavy atom. The lowest BCUT2D eigenvalue weighted by Crippen LogP contribution is -2.44. The van der Waals surface area contributed by atoms with E-state index in [-0.39, 0.29) is 18.4 Å². The topological polar surface area (TPSA) is 84.2 Å². The molecule has 0 spiro atoms. The molecule has 0 aromatic rings. The fourth-order valence-electron chi connectivity index (χ4n) is 0.572. The van der Waals surface area contributed by atoms with Gasteiger partial charge in [0.05, 0.1) is 12.6 Å². The third-order valence-corrected chi connectivity index (χ3v) is 1.48. The summed E-state index contributed by atoms with van der Waals surface area (Å²) in [5.74, 6) is -0.521. The Bertz CT molecular complexity index is 170. The molecule has 12 heavy (non-hydrogen) atoms. The molecule has 4 N–H and O–H groups in total. The predicted octanol–water partition coefficient (Wildman–Crippen LogP) is -1.41. The van der Waals surface area contributed by atoms with Gasteiger partial charge in [0.2, 0.25) is 11.8 Å². The molecule has 0 saturated heterocycles. The Labute approximate surface area is 71.7 Å². The van der Waals surface area contributed by atoms with E-state index in [0.717, 1.165) is 0 Å². The zero-order valence-corrected chi connectivity index (χ0v) is 7.39. The van der Waals surface area contributed by atoms with Gasteiger partial charge in [-0.25, -0.2) is 0 Å². The van der Waals surface area contributed by atoms with Gasteiger partial charge in [-0.05, 0) is 6.42 Å². The molecule has 0 saturated carbocycles. The average molecular weight is 173 g/mol. The molecule has 0 aliphatic rings. The van der Waals surface area contributed by atoms with Crippen LogP contribution in [0.3, 0.4) is 0 Å². The molecule has 0 heterocycles. The van der Waals surface area contributed by atoms with E-state index < -0.39 is 6.04 Å². The summed E-state index contributed by atoms with van der Waals surface area (Å²) in [5, 5.41) is 4.79. The van der Waals surface area contributed by atoms with Gasteiger partial charge in [0.25, 0.3) is 0 Å². The van der Waals surface area contributed by atoms with Crippen molar-refractivity contribution in [3.8, 4) is 0 Å². The monoisotopic (exact) mass is 173 g/mol. The number of rotatable bonds is 4. The molecule has 1 atom stereocenters. The van der Waals surface area contributed by atoms with Crippen LogP contribution in [-0.2, 0) is 9.59 Å². The third-order valence-electron chi connectivity index (χ3n) is 1.48. The van der Waals surface area contributed by atoms with Crippen LogP contribution in [0.2, 0.25) is 0 Å². The van der Waals surface area contributed by atoms with E-state index in [1.165, 1.54) is 7.05 Å². The van der Waals surface area contributed by atoms with Crippen LogP contribution in [0, 0.1) is 0 Å². The summed E-state index contributed by atoms with van der Waals surface area (Å²) >= 11 is 0. The van der Waals surface area contributed by atoms with Crippen LogP contribution in [-0.4, -0.2) is 31.4 Å². The van der Waals surface area contributed by atoms with E-state index in [2.05, 4.69) is 10.6 Å². The standard InChI is InChI=1S/C7H15N3O2/c1-3-5(8)7(12)10-4-6(11)9-2/h5H,3-4,8H2,1-2H3,(H,9,11)(H,10,12). The first kappa shape index (κ1) is 10.9. The minimum absolute atomic E-state index is 0.0109.